The Kier molecular flexibility index (Phi) is 5.88. The molecule has 0 aromatic rings. The van der Waals surface area contributed by atoms with Crippen molar-refractivity contribution in [2.75, 3.05) is 46.0 Å². The third kappa shape index (κ3) is 5.23. The second-order valence-corrected chi connectivity index (χ2v) is 5.94. The first-order chi connectivity index (χ1) is 8.44. The van der Waals surface area contributed by atoms with Crippen molar-refractivity contribution in [2.24, 2.45) is 5.41 Å². The zero-order chi connectivity index (χ0) is 13.6. The predicted octanol–water partition coefficient (Wildman–Crippen LogP) is 1.17. The average molecular weight is 258 g/mol. The zero-order valence-corrected chi connectivity index (χ0v) is 11.8. The second-order valence-electron chi connectivity index (χ2n) is 5.94. The highest BCUT2D eigenvalue weighted by Crippen LogP contribution is 2.17. The second kappa shape index (κ2) is 6.95. The van der Waals surface area contributed by atoms with Gasteiger partial charge in [-0.3, -0.25) is 0 Å². The number of morpholine rings is 1. The molecule has 0 bridgehead atoms. The van der Waals surface area contributed by atoms with Crippen LogP contribution in [-0.4, -0.2) is 66.9 Å². The number of hydrogen-bond acceptors (Lipinski definition) is 3. The zero-order valence-electron chi connectivity index (χ0n) is 11.8. The Labute approximate surface area is 110 Å². The van der Waals surface area contributed by atoms with E-state index >= 15 is 0 Å². The first kappa shape index (κ1) is 15.2. The van der Waals surface area contributed by atoms with Gasteiger partial charge < -0.3 is 19.6 Å². The van der Waals surface area contributed by atoms with Gasteiger partial charge in [-0.2, -0.15) is 0 Å². The fraction of sp³-hybridized carbons (Fsp3) is 0.923. The van der Waals surface area contributed by atoms with Crippen LogP contribution in [0, 0.1) is 5.41 Å². The fourth-order valence-electron chi connectivity index (χ4n) is 2.03. The minimum atomic E-state index is 0.0669. The molecule has 1 fully saturated rings. The highest BCUT2D eigenvalue weighted by molar-refractivity contribution is 5.74. The maximum atomic E-state index is 12.4. The number of carbonyl (C=O) groups is 1. The Morgan fingerprint density at radius 3 is 2.44 bits per heavy atom. The molecule has 5 nitrogen and oxygen atoms in total. The Morgan fingerprint density at radius 1 is 1.33 bits per heavy atom. The van der Waals surface area contributed by atoms with Crippen molar-refractivity contribution in [2.45, 2.75) is 27.2 Å². The molecular weight excluding hydrogens is 232 g/mol. The molecule has 2 amide bonds. The van der Waals surface area contributed by atoms with Gasteiger partial charge in [0.15, 0.2) is 0 Å². The topological polar surface area (TPSA) is 53.0 Å². The van der Waals surface area contributed by atoms with E-state index in [1.165, 1.54) is 0 Å². The molecular formula is C13H26N2O3. The lowest BCUT2D eigenvalue weighted by atomic mass is 9.96. The van der Waals surface area contributed by atoms with Gasteiger partial charge in [0.2, 0.25) is 0 Å². The van der Waals surface area contributed by atoms with E-state index in [9.17, 15) is 4.79 Å². The fourth-order valence-corrected chi connectivity index (χ4v) is 2.03. The summed E-state index contributed by atoms with van der Waals surface area (Å²) < 4.78 is 5.26. The average Bonchev–Trinajstić information content (AvgIpc) is 2.33. The molecule has 0 spiro atoms. The minimum absolute atomic E-state index is 0.0669. The Hall–Kier alpha value is -0.810. The van der Waals surface area contributed by atoms with Gasteiger partial charge in [-0.15, -0.1) is 0 Å². The van der Waals surface area contributed by atoms with Gasteiger partial charge in [-0.1, -0.05) is 20.8 Å². The number of ether oxygens (including phenoxy) is 1. The van der Waals surface area contributed by atoms with Crippen LogP contribution < -0.4 is 0 Å². The molecule has 0 atom stereocenters. The number of aliphatic hydroxyl groups excluding tert-OH is 1. The molecule has 5 heteroatoms. The van der Waals surface area contributed by atoms with E-state index < -0.39 is 0 Å². The molecule has 0 aromatic heterocycles. The molecule has 1 heterocycles. The van der Waals surface area contributed by atoms with E-state index in [0.717, 1.165) is 0 Å². The van der Waals surface area contributed by atoms with Gasteiger partial charge in [0, 0.05) is 32.8 Å². The number of nitrogens with zero attached hydrogens (tertiary/aromatic N) is 2. The molecule has 0 aliphatic carbocycles. The summed E-state index contributed by atoms with van der Waals surface area (Å²) in [6.45, 7) is 10.4. The van der Waals surface area contributed by atoms with Gasteiger partial charge in [-0.05, 0) is 11.8 Å². The lowest BCUT2D eigenvalue weighted by Crippen LogP contribution is -2.50. The van der Waals surface area contributed by atoms with Gasteiger partial charge in [-0.25, -0.2) is 4.79 Å². The summed E-state index contributed by atoms with van der Waals surface area (Å²) in [6.07, 6.45) is 0.631. The van der Waals surface area contributed by atoms with E-state index in [1.807, 2.05) is 9.80 Å². The van der Waals surface area contributed by atoms with E-state index in [2.05, 4.69) is 20.8 Å². The smallest absolute Gasteiger partial charge is 0.320 e. The Balaban J connectivity index is 2.59. The number of amides is 2. The molecule has 0 radical (unpaired) electrons. The maximum Gasteiger partial charge on any atom is 0.320 e. The normalized spacial score (nSPS) is 16.8. The van der Waals surface area contributed by atoms with Crippen LogP contribution in [0.3, 0.4) is 0 Å². The standard InChI is InChI=1S/C13H26N2O3/c1-13(2,3)11-15(5-4-8-16)12(17)14-6-9-18-10-7-14/h16H,4-11H2,1-3H3. The first-order valence-electron chi connectivity index (χ1n) is 6.66. The van der Waals surface area contributed by atoms with Crippen LogP contribution in [-0.2, 0) is 4.74 Å². The van der Waals surface area contributed by atoms with E-state index in [0.29, 0.717) is 45.8 Å². The van der Waals surface area contributed by atoms with Gasteiger partial charge in [0.25, 0.3) is 0 Å². The molecule has 1 aliphatic rings. The van der Waals surface area contributed by atoms with Crippen LogP contribution in [0.4, 0.5) is 4.79 Å². The third-order valence-corrected chi connectivity index (χ3v) is 2.80. The van der Waals surface area contributed by atoms with Crippen LogP contribution >= 0.6 is 0 Å². The van der Waals surface area contributed by atoms with Crippen LogP contribution in [0.25, 0.3) is 0 Å². The first-order valence-corrected chi connectivity index (χ1v) is 6.66. The predicted molar refractivity (Wildman–Crippen MR) is 70.5 cm³/mol. The molecule has 18 heavy (non-hydrogen) atoms. The summed E-state index contributed by atoms with van der Waals surface area (Å²) in [5.41, 5.74) is 0.0669. The van der Waals surface area contributed by atoms with Crippen molar-refractivity contribution in [3.8, 4) is 0 Å². The van der Waals surface area contributed by atoms with Crippen LogP contribution in [0.1, 0.15) is 27.2 Å². The van der Waals surface area contributed by atoms with Crippen molar-refractivity contribution >= 4 is 6.03 Å². The molecule has 1 N–H and O–H groups in total. The van der Waals surface area contributed by atoms with E-state index in [-0.39, 0.29) is 18.1 Å². The molecule has 0 aromatic carbocycles. The number of carbonyl (C=O) groups excluding carboxylic acids is 1. The summed E-state index contributed by atoms with van der Waals surface area (Å²) in [5.74, 6) is 0. The largest absolute Gasteiger partial charge is 0.396 e. The Bertz CT molecular complexity index is 257. The van der Waals surface area contributed by atoms with Crippen molar-refractivity contribution in [1.82, 2.24) is 9.80 Å². The summed E-state index contributed by atoms with van der Waals surface area (Å²) in [5, 5.41) is 8.93. The van der Waals surface area contributed by atoms with Crippen molar-refractivity contribution in [3.63, 3.8) is 0 Å². The number of urea groups is 1. The van der Waals surface area contributed by atoms with Crippen LogP contribution in [0.15, 0.2) is 0 Å². The van der Waals surface area contributed by atoms with Crippen molar-refractivity contribution in [3.05, 3.63) is 0 Å². The number of aliphatic hydroxyl groups is 1. The number of hydrogen-bond donors (Lipinski definition) is 1. The SMILES string of the molecule is CC(C)(C)CN(CCCO)C(=O)N1CCOCC1. The van der Waals surface area contributed by atoms with Crippen LogP contribution in [0.5, 0.6) is 0 Å². The third-order valence-electron chi connectivity index (χ3n) is 2.80. The minimum Gasteiger partial charge on any atom is -0.396 e. The summed E-state index contributed by atoms with van der Waals surface area (Å²) in [7, 11) is 0. The van der Waals surface area contributed by atoms with E-state index in [1.54, 1.807) is 0 Å². The number of rotatable bonds is 4. The van der Waals surface area contributed by atoms with Gasteiger partial charge >= 0.3 is 6.03 Å². The van der Waals surface area contributed by atoms with E-state index in [4.69, 9.17) is 9.84 Å². The quantitative estimate of drug-likeness (QED) is 0.823. The summed E-state index contributed by atoms with van der Waals surface area (Å²) in [4.78, 5) is 16.1. The summed E-state index contributed by atoms with van der Waals surface area (Å²) in [6, 6.07) is 0.0710. The van der Waals surface area contributed by atoms with Crippen molar-refractivity contribution in [1.29, 1.82) is 0 Å². The molecule has 0 unspecified atom stereocenters. The van der Waals surface area contributed by atoms with Crippen molar-refractivity contribution < 1.29 is 14.6 Å². The molecule has 1 rings (SSSR count). The monoisotopic (exact) mass is 258 g/mol. The highest BCUT2D eigenvalue weighted by Gasteiger charge is 2.25. The molecule has 106 valence electrons. The molecule has 1 aliphatic heterocycles. The van der Waals surface area contributed by atoms with Crippen LogP contribution in [0.2, 0.25) is 0 Å². The highest BCUT2D eigenvalue weighted by atomic mass is 16.5. The molecule has 0 saturated carbocycles. The molecule has 1 saturated heterocycles. The lowest BCUT2D eigenvalue weighted by Gasteiger charge is -2.36. The Morgan fingerprint density at radius 2 is 1.94 bits per heavy atom. The summed E-state index contributed by atoms with van der Waals surface area (Å²) >= 11 is 0. The van der Waals surface area contributed by atoms with Gasteiger partial charge in [0.1, 0.15) is 0 Å². The maximum absolute atomic E-state index is 12.4. The van der Waals surface area contributed by atoms with Gasteiger partial charge in [0.05, 0.1) is 13.2 Å². The lowest BCUT2D eigenvalue weighted by molar-refractivity contribution is 0.0397.